The van der Waals surface area contributed by atoms with E-state index in [1.807, 2.05) is 11.8 Å². The Hall–Kier alpha value is -3.81. The monoisotopic (exact) mass is 566 g/mol. The first-order valence-corrected chi connectivity index (χ1v) is 15.1. The van der Waals surface area contributed by atoms with Crippen molar-refractivity contribution in [1.29, 1.82) is 0 Å². The number of anilines is 2. The molecule has 0 fully saturated rings. The highest BCUT2D eigenvalue weighted by Crippen LogP contribution is 2.45. The SMILES string of the molecule is CN(C)CCCNC(=O)CCCN(C)c1cc(C=C2Sc3ccccc3N2C)c2ccccc2[n+]1-c1ccccc1. The lowest BCUT2D eigenvalue weighted by atomic mass is 10.1. The Kier molecular flexibility index (Phi) is 9.27. The van der Waals surface area contributed by atoms with Gasteiger partial charge in [-0.2, -0.15) is 4.57 Å². The normalized spacial score (nSPS) is 13.7. The summed E-state index contributed by atoms with van der Waals surface area (Å²) in [5.41, 5.74) is 4.68. The molecule has 0 unspecified atom stereocenters. The van der Waals surface area contributed by atoms with Gasteiger partial charge in [-0.1, -0.05) is 60.3 Å². The number of para-hydroxylation sites is 3. The number of carbonyl (C=O) groups is 1. The topological polar surface area (TPSA) is 42.7 Å². The molecule has 0 saturated heterocycles. The number of amides is 1. The van der Waals surface area contributed by atoms with Crippen molar-refractivity contribution < 1.29 is 9.36 Å². The van der Waals surface area contributed by atoms with E-state index in [0.29, 0.717) is 6.42 Å². The van der Waals surface area contributed by atoms with Crippen molar-refractivity contribution in [3.05, 3.63) is 95.5 Å². The van der Waals surface area contributed by atoms with E-state index in [-0.39, 0.29) is 5.91 Å². The van der Waals surface area contributed by atoms with Gasteiger partial charge < -0.3 is 15.1 Å². The van der Waals surface area contributed by atoms with Crippen LogP contribution in [0, 0.1) is 0 Å². The van der Waals surface area contributed by atoms with Crippen LogP contribution in [0.5, 0.6) is 0 Å². The van der Waals surface area contributed by atoms with Crippen LogP contribution in [0.4, 0.5) is 11.5 Å². The van der Waals surface area contributed by atoms with E-state index in [2.05, 4.69) is 144 Å². The van der Waals surface area contributed by atoms with Crippen LogP contribution < -0.4 is 19.7 Å². The molecule has 3 aromatic carbocycles. The van der Waals surface area contributed by atoms with E-state index in [1.165, 1.54) is 26.6 Å². The van der Waals surface area contributed by atoms with Gasteiger partial charge in [0.25, 0.3) is 5.82 Å². The van der Waals surface area contributed by atoms with Gasteiger partial charge in [-0.05, 0) is 75.5 Å². The van der Waals surface area contributed by atoms with Crippen LogP contribution >= 0.6 is 11.8 Å². The predicted octanol–water partition coefficient (Wildman–Crippen LogP) is 5.94. The van der Waals surface area contributed by atoms with Gasteiger partial charge in [-0.25, -0.2) is 0 Å². The highest BCUT2D eigenvalue weighted by atomic mass is 32.2. The zero-order valence-electron chi connectivity index (χ0n) is 24.5. The number of hydrogen-bond acceptors (Lipinski definition) is 5. The van der Waals surface area contributed by atoms with E-state index in [9.17, 15) is 4.79 Å². The van der Waals surface area contributed by atoms with Gasteiger partial charge in [0, 0.05) is 36.4 Å². The summed E-state index contributed by atoms with van der Waals surface area (Å²) < 4.78 is 2.33. The quantitative estimate of drug-likeness (QED) is 0.180. The molecule has 0 atom stereocenters. The van der Waals surface area contributed by atoms with E-state index in [4.69, 9.17) is 0 Å². The predicted molar refractivity (Wildman–Crippen MR) is 173 cm³/mol. The van der Waals surface area contributed by atoms with Crippen LogP contribution in [0.2, 0.25) is 0 Å². The van der Waals surface area contributed by atoms with Gasteiger partial charge in [0.05, 0.1) is 24.3 Å². The third-order valence-electron chi connectivity index (χ3n) is 7.43. The smallest absolute Gasteiger partial charge is 0.282 e. The average molecular weight is 567 g/mol. The number of benzene rings is 3. The summed E-state index contributed by atoms with van der Waals surface area (Å²) in [6.45, 7) is 2.47. The molecule has 1 N–H and O–H groups in total. The molecule has 41 heavy (non-hydrogen) atoms. The fourth-order valence-corrected chi connectivity index (χ4v) is 6.35. The molecule has 4 aromatic rings. The highest BCUT2D eigenvalue weighted by Gasteiger charge is 2.25. The van der Waals surface area contributed by atoms with Crippen molar-refractivity contribution in [3.63, 3.8) is 0 Å². The Balaban J connectivity index is 1.45. The standard InChI is InChI=1S/C34H39N5OS/c1-36(2)22-13-21-35-32(40)20-12-23-37(3)33-24-26(25-34-38(4)30-18-10-11-19-31(30)41-34)28-16-8-9-17-29(28)39(33)27-14-6-5-7-15-27/h5-11,14-19,24-25H,12-13,20-23H2,1-4H3/p+1. The maximum atomic E-state index is 12.5. The van der Waals surface area contributed by atoms with Gasteiger partial charge in [-0.3, -0.25) is 9.69 Å². The number of fused-ring (bicyclic) bond motifs is 2. The lowest BCUT2D eigenvalue weighted by Crippen LogP contribution is -2.40. The molecular formula is C34H40N5OS+. The number of nitrogens with zero attached hydrogens (tertiary/aromatic N) is 4. The number of carbonyl (C=O) groups excluding carboxylic acids is 1. The molecule has 1 aliphatic heterocycles. The maximum absolute atomic E-state index is 12.5. The minimum atomic E-state index is 0.123. The number of aromatic nitrogens is 1. The second-order valence-electron chi connectivity index (χ2n) is 10.8. The molecule has 5 rings (SSSR count). The average Bonchev–Trinajstić information content (AvgIpc) is 3.30. The molecular weight excluding hydrogens is 526 g/mol. The third kappa shape index (κ3) is 6.75. The summed E-state index contributed by atoms with van der Waals surface area (Å²) in [6, 6.07) is 30.0. The molecule has 2 heterocycles. The zero-order chi connectivity index (χ0) is 28.8. The molecule has 0 bridgehead atoms. The first-order valence-electron chi connectivity index (χ1n) is 14.3. The zero-order valence-corrected chi connectivity index (χ0v) is 25.3. The maximum Gasteiger partial charge on any atom is 0.282 e. The number of rotatable bonds is 11. The van der Waals surface area contributed by atoms with E-state index in [0.717, 1.165) is 49.5 Å². The van der Waals surface area contributed by atoms with Crippen LogP contribution in [0.3, 0.4) is 0 Å². The molecule has 1 amide bonds. The molecule has 0 saturated carbocycles. The summed E-state index contributed by atoms with van der Waals surface area (Å²) in [6.07, 6.45) is 4.56. The highest BCUT2D eigenvalue weighted by molar-refractivity contribution is 8.03. The van der Waals surface area contributed by atoms with Crippen molar-refractivity contribution >= 4 is 46.2 Å². The van der Waals surface area contributed by atoms with Crippen molar-refractivity contribution in [3.8, 4) is 5.69 Å². The lowest BCUT2D eigenvalue weighted by molar-refractivity contribution is -0.553. The van der Waals surface area contributed by atoms with Gasteiger partial charge in [-0.15, -0.1) is 0 Å². The molecule has 7 heteroatoms. The second kappa shape index (κ2) is 13.2. The summed E-state index contributed by atoms with van der Waals surface area (Å²) >= 11 is 1.81. The fraction of sp³-hybridized carbons (Fsp3) is 0.294. The first kappa shape index (κ1) is 28.7. The van der Waals surface area contributed by atoms with Gasteiger partial charge in [0.1, 0.15) is 11.2 Å². The van der Waals surface area contributed by atoms with Gasteiger partial charge in [0.2, 0.25) is 5.91 Å². The van der Waals surface area contributed by atoms with E-state index in [1.54, 1.807) is 0 Å². The second-order valence-corrected chi connectivity index (χ2v) is 11.9. The van der Waals surface area contributed by atoms with Crippen LogP contribution in [-0.4, -0.2) is 58.6 Å². The molecule has 0 radical (unpaired) electrons. The number of nitrogens with one attached hydrogen (secondary N) is 1. The van der Waals surface area contributed by atoms with E-state index < -0.39 is 0 Å². The number of hydrogen-bond donors (Lipinski definition) is 1. The van der Waals surface area contributed by atoms with Gasteiger partial charge >= 0.3 is 0 Å². The van der Waals surface area contributed by atoms with Crippen molar-refractivity contribution in [2.45, 2.75) is 24.2 Å². The molecule has 212 valence electrons. The van der Waals surface area contributed by atoms with Crippen molar-refractivity contribution in [2.75, 3.05) is 57.6 Å². The first-order chi connectivity index (χ1) is 19.9. The minimum absolute atomic E-state index is 0.123. The Morgan fingerprint density at radius 1 is 0.927 bits per heavy atom. The molecule has 0 aliphatic carbocycles. The molecule has 1 aliphatic rings. The van der Waals surface area contributed by atoms with Crippen LogP contribution in [0.25, 0.3) is 22.7 Å². The summed E-state index contributed by atoms with van der Waals surface area (Å²) in [5, 5.41) is 5.47. The summed E-state index contributed by atoms with van der Waals surface area (Å²) in [4.78, 5) is 20.4. The molecule has 6 nitrogen and oxygen atoms in total. The lowest BCUT2D eigenvalue weighted by Gasteiger charge is -2.19. The Morgan fingerprint density at radius 2 is 1.66 bits per heavy atom. The Bertz CT molecular complexity index is 1540. The van der Waals surface area contributed by atoms with Crippen LogP contribution in [0.1, 0.15) is 24.8 Å². The van der Waals surface area contributed by atoms with Gasteiger partial charge in [0.15, 0.2) is 0 Å². The van der Waals surface area contributed by atoms with E-state index >= 15 is 0 Å². The third-order valence-corrected chi connectivity index (χ3v) is 8.59. The van der Waals surface area contributed by atoms with Crippen molar-refractivity contribution in [2.24, 2.45) is 0 Å². The Labute approximate surface area is 248 Å². The number of thioether (sulfide) groups is 1. The van der Waals surface area contributed by atoms with Crippen LogP contribution in [0.15, 0.2) is 94.9 Å². The summed E-state index contributed by atoms with van der Waals surface area (Å²) in [5.74, 6) is 1.22. The molecule has 1 aromatic heterocycles. The van der Waals surface area contributed by atoms with Crippen molar-refractivity contribution in [1.82, 2.24) is 10.2 Å². The molecule has 0 spiro atoms. The fourth-order valence-electron chi connectivity index (χ4n) is 5.25. The Morgan fingerprint density at radius 3 is 2.44 bits per heavy atom. The van der Waals surface area contributed by atoms with Crippen LogP contribution in [-0.2, 0) is 4.79 Å². The number of pyridine rings is 1. The largest absolute Gasteiger partial charge is 0.356 e. The minimum Gasteiger partial charge on any atom is -0.356 e. The summed E-state index contributed by atoms with van der Waals surface area (Å²) in [7, 11) is 8.37.